The monoisotopic (exact) mass is 163 g/mol. The minimum atomic E-state index is 0.0634. The second kappa shape index (κ2) is 2.56. The Bertz CT molecular complexity index is 249. The summed E-state index contributed by atoms with van der Waals surface area (Å²) >= 11 is 0. The van der Waals surface area contributed by atoms with E-state index in [4.69, 9.17) is 0 Å². The van der Waals surface area contributed by atoms with Crippen LogP contribution < -0.4 is 0 Å². The first-order chi connectivity index (χ1) is 5.73. The Balaban J connectivity index is 2.28. The number of likely N-dealkylation sites (N-methyl/N-ethyl adjacent to an activating group) is 1. The number of carbonyl (C=O) groups is 1. The third-order valence-corrected chi connectivity index (χ3v) is 2.85. The largest absolute Gasteiger partial charge is 0.294 e. The lowest BCUT2D eigenvalue weighted by molar-refractivity contribution is -0.110. The highest BCUT2D eigenvalue weighted by Gasteiger charge is 2.35. The van der Waals surface area contributed by atoms with Crippen molar-refractivity contribution in [1.82, 2.24) is 4.90 Å². The van der Waals surface area contributed by atoms with Crippen molar-refractivity contribution in [2.45, 2.75) is 18.4 Å². The smallest absolute Gasteiger partial charge is 0.178 e. The van der Waals surface area contributed by atoms with Gasteiger partial charge in [0, 0.05) is 0 Å². The third kappa shape index (κ3) is 1.03. The van der Waals surface area contributed by atoms with E-state index in [0.717, 1.165) is 13.0 Å². The van der Waals surface area contributed by atoms with E-state index >= 15 is 0 Å². The Kier molecular flexibility index (Phi) is 1.65. The lowest BCUT2D eigenvalue weighted by Crippen LogP contribution is -2.38. The van der Waals surface area contributed by atoms with Crippen LogP contribution in [0.4, 0.5) is 0 Å². The van der Waals surface area contributed by atoms with Crippen molar-refractivity contribution in [3.8, 4) is 0 Å². The summed E-state index contributed by atoms with van der Waals surface area (Å²) < 4.78 is 0. The minimum absolute atomic E-state index is 0.0634. The van der Waals surface area contributed by atoms with Gasteiger partial charge in [0.15, 0.2) is 5.78 Å². The molecule has 1 aliphatic carbocycles. The van der Waals surface area contributed by atoms with Gasteiger partial charge < -0.3 is 0 Å². The van der Waals surface area contributed by atoms with E-state index < -0.39 is 0 Å². The standard InChI is InChI=1S/C10H13NO/c1-11-8-2-5-10(11)6-3-9(12)4-7-10/h3-4,6-7H,2,5,8H2,1H3. The van der Waals surface area contributed by atoms with Gasteiger partial charge in [0.2, 0.25) is 0 Å². The summed E-state index contributed by atoms with van der Waals surface area (Å²) in [5, 5.41) is 0. The van der Waals surface area contributed by atoms with Crippen molar-refractivity contribution < 1.29 is 4.79 Å². The minimum Gasteiger partial charge on any atom is -0.294 e. The van der Waals surface area contributed by atoms with Crippen molar-refractivity contribution in [2.24, 2.45) is 0 Å². The van der Waals surface area contributed by atoms with Gasteiger partial charge in [-0.2, -0.15) is 0 Å². The summed E-state index contributed by atoms with van der Waals surface area (Å²) in [5.74, 6) is 0.112. The highest BCUT2D eigenvalue weighted by Crippen LogP contribution is 2.32. The molecule has 64 valence electrons. The molecule has 2 rings (SSSR count). The van der Waals surface area contributed by atoms with Gasteiger partial charge in [0.25, 0.3) is 0 Å². The predicted octanol–water partition coefficient (Wildman–Crippen LogP) is 1.15. The van der Waals surface area contributed by atoms with Crippen LogP contribution in [-0.4, -0.2) is 29.8 Å². The molecule has 1 spiro atoms. The first-order valence-electron chi connectivity index (χ1n) is 4.37. The fourth-order valence-electron chi connectivity index (χ4n) is 1.98. The molecule has 0 saturated carbocycles. The highest BCUT2D eigenvalue weighted by atomic mass is 16.1. The maximum atomic E-state index is 10.9. The Morgan fingerprint density at radius 2 is 2.08 bits per heavy atom. The van der Waals surface area contributed by atoms with Crippen molar-refractivity contribution in [1.29, 1.82) is 0 Å². The van der Waals surface area contributed by atoms with Gasteiger partial charge in [-0.05, 0) is 38.6 Å². The topological polar surface area (TPSA) is 20.3 Å². The summed E-state index contributed by atoms with van der Waals surface area (Å²) in [7, 11) is 2.11. The molecule has 0 aromatic carbocycles. The van der Waals surface area contributed by atoms with Crippen LogP contribution in [0.15, 0.2) is 24.3 Å². The molecule has 12 heavy (non-hydrogen) atoms. The van der Waals surface area contributed by atoms with Gasteiger partial charge in [-0.1, -0.05) is 12.2 Å². The van der Waals surface area contributed by atoms with Crippen molar-refractivity contribution in [3.05, 3.63) is 24.3 Å². The van der Waals surface area contributed by atoms with Gasteiger partial charge >= 0.3 is 0 Å². The summed E-state index contributed by atoms with van der Waals surface area (Å²) in [6, 6.07) is 0. The molecule has 0 radical (unpaired) electrons. The molecule has 1 saturated heterocycles. The molecule has 0 unspecified atom stereocenters. The average Bonchev–Trinajstić information content (AvgIpc) is 2.41. The summed E-state index contributed by atoms with van der Waals surface area (Å²) in [5.41, 5.74) is 0.0634. The Morgan fingerprint density at radius 3 is 2.58 bits per heavy atom. The predicted molar refractivity (Wildman–Crippen MR) is 47.9 cm³/mol. The molecule has 2 nitrogen and oxygen atoms in total. The van der Waals surface area contributed by atoms with E-state index in [2.05, 4.69) is 11.9 Å². The number of carbonyl (C=O) groups excluding carboxylic acids is 1. The van der Waals surface area contributed by atoms with E-state index in [1.54, 1.807) is 12.2 Å². The Labute approximate surface area is 72.6 Å². The van der Waals surface area contributed by atoms with Gasteiger partial charge in [-0.25, -0.2) is 0 Å². The first-order valence-corrected chi connectivity index (χ1v) is 4.37. The zero-order chi connectivity index (χ0) is 8.60. The summed E-state index contributed by atoms with van der Waals surface area (Å²) in [6.45, 7) is 1.13. The molecule has 1 aliphatic heterocycles. The van der Waals surface area contributed by atoms with Gasteiger partial charge in [-0.3, -0.25) is 9.69 Å². The number of allylic oxidation sites excluding steroid dienone is 2. The molecular weight excluding hydrogens is 150 g/mol. The first kappa shape index (κ1) is 7.74. The molecule has 0 atom stereocenters. The molecular formula is C10H13NO. The third-order valence-electron chi connectivity index (χ3n) is 2.85. The molecule has 0 N–H and O–H groups in total. The number of likely N-dealkylation sites (tertiary alicyclic amines) is 1. The van der Waals surface area contributed by atoms with E-state index in [1.165, 1.54) is 6.42 Å². The lowest BCUT2D eigenvalue weighted by Gasteiger charge is -2.31. The van der Waals surface area contributed by atoms with Crippen LogP contribution in [0, 0.1) is 0 Å². The van der Waals surface area contributed by atoms with E-state index in [1.807, 2.05) is 12.2 Å². The average molecular weight is 163 g/mol. The second-order valence-corrected chi connectivity index (χ2v) is 3.59. The molecule has 0 aromatic heterocycles. The highest BCUT2D eigenvalue weighted by molar-refractivity contribution is 6.00. The van der Waals surface area contributed by atoms with Gasteiger partial charge in [-0.15, -0.1) is 0 Å². The molecule has 2 heteroatoms. The van der Waals surface area contributed by atoms with Gasteiger partial charge in [0.05, 0.1) is 5.54 Å². The summed E-state index contributed by atoms with van der Waals surface area (Å²) in [6.07, 6.45) is 9.79. The fourth-order valence-corrected chi connectivity index (χ4v) is 1.98. The maximum Gasteiger partial charge on any atom is 0.178 e. The van der Waals surface area contributed by atoms with Gasteiger partial charge in [0.1, 0.15) is 0 Å². The van der Waals surface area contributed by atoms with Crippen LogP contribution in [0.1, 0.15) is 12.8 Å². The van der Waals surface area contributed by atoms with Crippen LogP contribution in [0.2, 0.25) is 0 Å². The number of nitrogens with zero attached hydrogens (tertiary/aromatic N) is 1. The lowest BCUT2D eigenvalue weighted by atomic mass is 9.91. The van der Waals surface area contributed by atoms with Crippen LogP contribution in [-0.2, 0) is 4.79 Å². The molecule has 1 heterocycles. The number of hydrogen-bond acceptors (Lipinski definition) is 2. The maximum absolute atomic E-state index is 10.9. The van der Waals surface area contributed by atoms with Crippen LogP contribution in [0.5, 0.6) is 0 Å². The van der Waals surface area contributed by atoms with E-state index in [-0.39, 0.29) is 11.3 Å². The molecule has 2 aliphatic rings. The van der Waals surface area contributed by atoms with Crippen molar-refractivity contribution in [2.75, 3.05) is 13.6 Å². The Hall–Kier alpha value is -0.890. The number of ketones is 1. The van der Waals surface area contributed by atoms with E-state index in [0.29, 0.717) is 0 Å². The molecule has 1 fully saturated rings. The zero-order valence-corrected chi connectivity index (χ0v) is 7.29. The van der Waals surface area contributed by atoms with E-state index in [9.17, 15) is 4.79 Å². The fraction of sp³-hybridized carbons (Fsp3) is 0.500. The Morgan fingerprint density at radius 1 is 1.42 bits per heavy atom. The van der Waals surface area contributed by atoms with Crippen molar-refractivity contribution in [3.63, 3.8) is 0 Å². The molecule has 0 aromatic rings. The SMILES string of the molecule is CN1CCCC12C=CC(=O)C=C2. The van der Waals surface area contributed by atoms with Crippen LogP contribution in [0.3, 0.4) is 0 Å². The number of rotatable bonds is 0. The second-order valence-electron chi connectivity index (χ2n) is 3.59. The quantitative estimate of drug-likeness (QED) is 0.534. The number of hydrogen-bond donors (Lipinski definition) is 0. The van der Waals surface area contributed by atoms with Crippen molar-refractivity contribution >= 4 is 5.78 Å². The molecule has 0 amide bonds. The summed E-state index contributed by atoms with van der Waals surface area (Å²) in [4.78, 5) is 13.2. The zero-order valence-electron chi connectivity index (χ0n) is 7.29. The normalized spacial score (nSPS) is 27.2. The van der Waals surface area contributed by atoms with Crippen LogP contribution >= 0.6 is 0 Å². The van der Waals surface area contributed by atoms with Crippen LogP contribution in [0.25, 0.3) is 0 Å². The molecule has 0 bridgehead atoms.